The van der Waals surface area contributed by atoms with Crippen molar-refractivity contribution < 1.29 is 14.3 Å². The summed E-state index contributed by atoms with van der Waals surface area (Å²) in [5.74, 6) is -0.690. The van der Waals surface area contributed by atoms with Crippen molar-refractivity contribution in [2.45, 2.75) is 13.0 Å². The van der Waals surface area contributed by atoms with E-state index in [-0.39, 0.29) is 12.5 Å². The lowest BCUT2D eigenvalue weighted by Crippen LogP contribution is -2.43. The van der Waals surface area contributed by atoms with Gasteiger partial charge in [-0.15, -0.1) is 6.58 Å². The molecule has 1 aromatic carbocycles. The molecule has 1 rings (SSSR count). The fourth-order valence-electron chi connectivity index (χ4n) is 1.64. The molecule has 0 aliphatic heterocycles. The summed E-state index contributed by atoms with van der Waals surface area (Å²) in [6.45, 7) is 5.52. The van der Waals surface area contributed by atoms with Gasteiger partial charge in [-0.1, -0.05) is 28.1 Å². The largest absolute Gasteiger partial charge is 0.467 e. The molecule has 1 amide bonds. The first-order valence-corrected chi connectivity index (χ1v) is 6.55. The van der Waals surface area contributed by atoms with Crippen LogP contribution in [-0.4, -0.2) is 36.5 Å². The van der Waals surface area contributed by atoms with Crippen LogP contribution in [0.25, 0.3) is 0 Å². The van der Waals surface area contributed by atoms with Crippen molar-refractivity contribution in [1.29, 1.82) is 0 Å². The van der Waals surface area contributed by atoms with E-state index in [9.17, 15) is 9.59 Å². The summed E-state index contributed by atoms with van der Waals surface area (Å²) in [7, 11) is 1.30. The minimum atomic E-state index is -0.658. The van der Waals surface area contributed by atoms with Crippen LogP contribution < -0.4 is 0 Å². The van der Waals surface area contributed by atoms with Gasteiger partial charge in [-0.2, -0.15) is 0 Å². The molecule has 0 heterocycles. The Balaban J connectivity index is 3.02. The summed E-state index contributed by atoms with van der Waals surface area (Å²) in [6, 6.07) is 6.36. The summed E-state index contributed by atoms with van der Waals surface area (Å²) in [4.78, 5) is 25.4. The Morgan fingerprint density at radius 3 is 2.74 bits per heavy atom. The number of nitrogens with zero attached hydrogens (tertiary/aromatic N) is 1. The number of methoxy groups -OCH3 is 1. The molecule has 0 unspecified atom stereocenters. The molecule has 0 bridgehead atoms. The van der Waals surface area contributed by atoms with Gasteiger partial charge in [0.1, 0.15) is 6.04 Å². The number of carbonyl (C=O) groups excluding carboxylic acids is 2. The Labute approximate surface area is 121 Å². The van der Waals surface area contributed by atoms with E-state index >= 15 is 0 Å². The van der Waals surface area contributed by atoms with Crippen LogP contribution in [0.5, 0.6) is 0 Å². The van der Waals surface area contributed by atoms with Gasteiger partial charge in [0.2, 0.25) is 0 Å². The van der Waals surface area contributed by atoms with Gasteiger partial charge in [0, 0.05) is 16.6 Å². The van der Waals surface area contributed by atoms with Crippen LogP contribution in [0.2, 0.25) is 0 Å². The third-order valence-electron chi connectivity index (χ3n) is 2.67. The summed E-state index contributed by atoms with van der Waals surface area (Å²) in [6.07, 6.45) is 1.58. The van der Waals surface area contributed by atoms with Gasteiger partial charge < -0.3 is 9.64 Å². The SMILES string of the molecule is C=CCN(C(=O)c1cccc(Br)c1)[C@@H](C)C(=O)OC. The molecule has 4 nitrogen and oxygen atoms in total. The molecule has 0 fully saturated rings. The number of ether oxygens (including phenoxy) is 1. The van der Waals surface area contributed by atoms with E-state index in [4.69, 9.17) is 0 Å². The molecule has 1 aromatic rings. The monoisotopic (exact) mass is 325 g/mol. The molecule has 0 aliphatic carbocycles. The molecule has 0 aliphatic rings. The van der Waals surface area contributed by atoms with Gasteiger partial charge in [0.25, 0.3) is 5.91 Å². The molecule has 0 spiro atoms. The summed E-state index contributed by atoms with van der Waals surface area (Å²) in [5.41, 5.74) is 0.506. The van der Waals surface area contributed by atoms with E-state index in [0.717, 1.165) is 4.47 Å². The highest BCUT2D eigenvalue weighted by molar-refractivity contribution is 9.10. The fourth-order valence-corrected chi connectivity index (χ4v) is 2.04. The zero-order chi connectivity index (χ0) is 14.4. The van der Waals surface area contributed by atoms with Gasteiger partial charge in [-0.05, 0) is 25.1 Å². The predicted octanol–water partition coefficient (Wildman–Crippen LogP) is 2.64. The molecule has 0 saturated heterocycles. The van der Waals surface area contributed by atoms with E-state index in [1.54, 1.807) is 31.2 Å². The Hall–Kier alpha value is -1.62. The molecular weight excluding hydrogens is 310 g/mol. The van der Waals surface area contributed by atoms with E-state index in [0.29, 0.717) is 5.56 Å². The summed E-state index contributed by atoms with van der Waals surface area (Å²) < 4.78 is 5.48. The first kappa shape index (κ1) is 15.4. The molecule has 1 atom stereocenters. The molecule has 0 saturated carbocycles. The van der Waals surface area contributed by atoms with Crippen LogP contribution in [0, 0.1) is 0 Å². The third-order valence-corrected chi connectivity index (χ3v) is 3.16. The first-order valence-electron chi connectivity index (χ1n) is 5.76. The molecule has 0 N–H and O–H groups in total. The van der Waals surface area contributed by atoms with Crippen molar-refractivity contribution in [3.63, 3.8) is 0 Å². The molecule has 102 valence electrons. The molecular formula is C14H16BrNO3. The third kappa shape index (κ3) is 3.92. The van der Waals surface area contributed by atoms with Crippen LogP contribution in [-0.2, 0) is 9.53 Å². The van der Waals surface area contributed by atoms with Gasteiger partial charge in [0.15, 0.2) is 0 Å². The lowest BCUT2D eigenvalue weighted by Gasteiger charge is -2.26. The second kappa shape index (κ2) is 7.09. The van der Waals surface area contributed by atoms with Crippen molar-refractivity contribution in [2.24, 2.45) is 0 Å². The van der Waals surface area contributed by atoms with Gasteiger partial charge >= 0.3 is 5.97 Å². The zero-order valence-electron chi connectivity index (χ0n) is 10.9. The number of carbonyl (C=O) groups is 2. The van der Waals surface area contributed by atoms with Crippen LogP contribution in [0.15, 0.2) is 41.4 Å². The summed E-state index contributed by atoms with van der Waals surface area (Å²) >= 11 is 3.32. The van der Waals surface area contributed by atoms with Crippen molar-refractivity contribution in [3.8, 4) is 0 Å². The average Bonchev–Trinajstić information content (AvgIpc) is 2.42. The normalized spacial score (nSPS) is 11.5. The number of halogens is 1. The minimum absolute atomic E-state index is 0.237. The second-order valence-electron chi connectivity index (χ2n) is 3.96. The van der Waals surface area contributed by atoms with Crippen molar-refractivity contribution >= 4 is 27.8 Å². The number of hydrogen-bond donors (Lipinski definition) is 0. The number of esters is 1. The highest BCUT2D eigenvalue weighted by atomic mass is 79.9. The number of amides is 1. The smallest absolute Gasteiger partial charge is 0.328 e. The topological polar surface area (TPSA) is 46.6 Å². The Morgan fingerprint density at radius 2 is 2.21 bits per heavy atom. The fraction of sp³-hybridized carbons (Fsp3) is 0.286. The average molecular weight is 326 g/mol. The maximum Gasteiger partial charge on any atom is 0.328 e. The first-order chi connectivity index (χ1) is 9.01. The maximum absolute atomic E-state index is 12.4. The van der Waals surface area contributed by atoms with E-state index in [1.807, 2.05) is 6.07 Å². The van der Waals surface area contributed by atoms with Crippen molar-refractivity contribution in [3.05, 3.63) is 47.0 Å². The number of hydrogen-bond acceptors (Lipinski definition) is 3. The molecule has 0 aromatic heterocycles. The van der Waals surface area contributed by atoms with Crippen LogP contribution >= 0.6 is 15.9 Å². The van der Waals surface area contributed by atoms with Gasteiger partial charge in [-0.3, -0.25) is 4.79 Å². The highest BCUT2D eigenvalue weighted by Crippen LogP contribution is 2.15. The van der Waals surface area contributed by atoms with Gasteiger partial charge in [0.05, 0.1) is 7.11 Å². The molecule has 0 radical (unpaired) electrons. The van der Waals surface area contributed by atoms with Gasteiger partial charge in [-0.25, -0.2) is 4.79 Å². The van der Waals surface area contributed by atoms with Crippen molar-refractivity contribution in [2.75, 3.05) is 13.7 Å². The highest BCUT2D eigenvalue weighted by Gasteiger charge is 2.26. The van der Waals surface area contributed by atoms with E-state index in [2.05, 4.69) is 27.2 Å². The molecule has 19 heavy (non-hydrogen) atoms. The van der Waals surface area contributed by atoms with E-state index in [1.165, 1.54) is 12.0 Å². The lowest BCUT2D eigenvalue weighted by molar-refractivity contribution is -0.145. The Kier molecular flexibility index (Phi) is 5.76. The van der Waals surface area contributed by atoms with Crippen LogP contribution in [0.1, 0.15) is 17.3 Å². The Morgan fingerprint density at radius 1 is 1.53 bits per heavy atom. The Bertz CT molecular complexity index is 487. The van der Waals surface area contributed by atoms with Crippen LogP contribution in [0.3, 0.4) is 0 Å². The van der Waals surface area contributed by atoms with Crippen LogP contribution in [0.4, 0.5) is 0 Å². The minimum Gasteiger partial charge on any atom is -0.467 e. The maximum atomic E-state index is 12.4. The molecule has 5 heteroatoms. The summed E-state index contributed by atoms with van der Waals surface area (Å²) in [5, 5.41) is 0. The van der Waals surface area contributed by atoms with Crippen molar-refractivity contribution in [1.82, 2.24) is 4.90 Å². The number of benzene rings is 1. The zero-order valence-corrected chi connectivity index (χ0v) is 12.5. The quantitative estimate of drug-likeness (QED) is 0.617. The number of rotatable bonds is 5. The standard InChI is InChI=1S/C14H16BrNO3/c1-4-8-16(10(2)14(18)19-3)13(17)11-6-5-7-12(15)9-11/h4-7,9-10H,1,8H2,2-3H3/t10-/m0/s1. The predicted molar refractivity (Wildman–Crippen MR) is 76.9 cm³/mol. The second-order valence-corrected chi connectivity index (χ2v) is 4.87. The lowest BCUT2D eigenvalue weighted by atomic mass is 10.1. The van der Waals surface area contributed by atoms with E-state index < -0.39 is 12.0 Å².